The van der Waals surface area contributed by atoms with Gasteiger partial charge in [-0.1, -0.05) is 18.7 Å². The van der Waals surface area contributed by atoms with Gasteiger partial charge in [-0.3, -0.25) is 9.89 Å². The van der Waals surface area contributed by atoms with Crippen LogP contribution in [-0.2, 0) is 4.79 Å². The van der Waals surface area contributed by atoms with Crippen molar-refractivity contribution in [3.63, 3.8) is 0 Å². The zero-order chi connectivity index (χ0) is 28.1. The first kappa shape index (κ1) is 26.0. The molecule has 2 aromatic heterocycles. The standard InChI is InChI=1S/C32H37N7O2/c1-4-28(40)39-19-32(20-39)11-15-38(16-12-32)30-24-7-6-22(29-21(2)5-8-26-25(29)18-33-36-26)17-27(24)34-31(35-30)41-23-9-13-37(3)14-10-23/h4-8,17-18,23H,1,9-16,19-20H2,2-3H3,(H,33,36). The summed E-state index contributed by atoms with van der Waals surface area (Å²) in [4.78, 5) is 28.7. The Bertz CT molecular complexity index is 1620. The van der Waals surface area contributed by atoms with E-state index in [-0.39, 0.29) is 17.4 Å². The normalized spacial score (nSPS) is 19.6. The van der Waals surface area contributed by atoms with Crippen LogP contribution in [0.3, 0.4) is 0 Å². The van der Waals surface area contributed by atoms with Crippen LogP contribution in [0.25, 0.3) is 32.9 Å². The van der Waals surface area contributed by atoms with Gasteiger partial charge in [0, 0.05) is 55.5 Å². The van der Waals surface area contributed by atoms with Crippen molar-refractivity contribution in [2.24, 2.45) is 5.41 Å². The van der Waals surface area contributed by atoms with Crippen molar-refractivity contribution in [2.45, 2.75) is 38.7 Å². The summed E-state index contributed by atoms with van der Waals surface area (Å²) in [6.07, 6.45) is 7.45. The molecule has 7 rings (SSSR count). The van der Waals surface area contributed by atoms with Gasteiger partial charge < -0.3 is 19.4 Å². The van der Waals surface area contributed by atoms with Crippen LogP contribution in [0.15, 0.2) is 49.2 Å². The summed E-state index contributed by atoms with van der Waals surface area (Å²) >= 11 is 0. The number of H-pyrrole nitrogens is 1. The van der Waals surface area contributed by atoms with Crippen LogP contribution in [0.4, 0.5) is 5.82 Å². The molecule has 3 saturated heterocycles. The molecule has 1 N–H and O–H groups in total. The van der Waals surface area contributed by atoms with Crippen molar-refractivity contribution >= 4 is 33.5 Å². The molecule has 3 aliphatic rings. The lowest BCUT2D eigenvalue weighted by atomic mass is 9.72. The second-order valence-electron chi connectivity index (χ2n) is 12.2. The first-order valence-electron chi connectivity index (χ1n) is 14.7. The molecule has 3 aliphatic heterocycles. The molecule has 1 spiro atoms. The average molecular weight is 552 g/mol. The molecule has 0 bridgehead atoms. The number of aromatic amines is 1. The van der Waals surface area contributed by atoms with Crippen molar-refractivity contribution in [1.29, 1.82) is 0 Å². The van der Waals surface area contributed by atoms with E-state index in [0.717, 1.165) is 98.1 Å². The van der Waals surface area contributed by atoms with Crippen molar-refractivity contribution < 1.29 is 9.53 Å². The predicted octanol–water partition coefficient (Wildman–Crippen LogP) is 4.57. The van der Waals surface area contributed by atoms with E-state index in [9.17, 15) is 4.79 Å². The number of rotatable bonds is 5. The van der Waals surface area contributed by atoms with Gasteiger partial charge in [0.15, 0.2) is 0 Å². The third-order valence-electron chi connectivity index (χ3n) is 9.38. The number of likely N-dealkylation sites (tertiary alicyclic amines) is 2. The van der Waals surface area contributed by atoms with Crippen molar-refractivity contribution in [3.05, 3.63) is 54.7 Å². The molecule has 41 heavy (non-hydrogen) atoms. The van der Waals surface area contributed by atoms with Crippen LogP contribution in [0.1, 0.15) is 31.2 Å². The first-order valence-corrected chi connectivity index (χ1v) is 14.7. The molecule has 4 aromatic rings. The minimum Gasteiger partial charge on any atom is -0.460 e. The topological polar surface area (TPSA) is 90.5 Å². The van der Waals surface area contributed by atoms with Gasteiger partial charge in [0.05, 0.1) is 17.2 Å². The van der Waals surface area contributed by atoms with Gasteiger partial charge in [0.2, 0.25) is 5.91 Å². The minimum atomic E-state index is 0.0349. The van der Waals surface area contributed by atoms with E-state index >= 15 is 0 Å². The lowest BCUT2D eigenvalue weighted by Gasteiger charge is -2.54. The Labute approximate surface area is 240 Å². The van der Waals surface area contributed by atoms with Gasteiger partial charge in [-0.05, 0) is 80.6 Å². The molecule has 3 fully saturated rings. The number of amides is 1. The fraction of sp³-hybridized carbons (Fsp3) is 0.438. The Morgan fingerprint density at radius 2 is 1.85 bits per heavy atom. The number of ether oxygens (including phenoxy) is 1. The molecule has 0 radical (unpaired) electrons. The Hall–Kier alpha value is -3.98. The number of nitrogens with zero attached hydrogens (tertiary/aromatic N) is 6. The first-order chi connectivity index (χ1) is 19.9. The smallest absolute Gasteiger partial charge is 0.319 e. The highest BCUT2D eigenvalue weighted by Crippen LogP contribution is 2.43. The van der Waals surface area contributed by atoms with Gasteiger partial charge in [-0.2, -0.15) is 15.1 Å². The van der Waals surface area contributed by atoms with E-state index in [2.05, 4.69) is 70.9 Å². The summed E-state index contributed by atoms with van der Waals surface area (Å²) < 4.78 is 6.45. The Balaban J connectivity index is 1.23. The molecule has 212 valence electrons. The molecular formula is C32H37N7O2. The summed E-state index contributed by atoms with van der Waals surface area (Å²) in [5, 5.41) is 9.53. The summed E-state index contributed by atoms with van der Waals surface area (Å²) in [6.45, 7) is 11.2. The fourth-order valence-electron chi connectivity index (χ4n) is 6.86. The number of hydrogen-bond acceptors (Lipinski definition) is 7. The van der Waals surface area contributed by atoms with Gasteiger partial charge in [-0.15, -0.1) is 0 Å². The molecule has 0 unspecified atom stereocenters. The Kier molecular flexibility index (Phi) is 6.42. The molecule has 0 saturated carbocycles. The number of anilines is 1. The third-order valence-corrected chi connectivity index (χ3v) is 9.38. The quantitative estimate of drug-likeness (QED) is 0.364. The van der Waals surface area contributed by atoms with Crippen LogP contribution in [0, 0.1) is 12.3 Å². The zero-order valence-electron chi connectivity index (χ0n) is 23.9. The summed E-state index contributed by atoms with van der Waals surface area (Å²) in [5.41, 5.74) is 5.59. The SMILES string of the molecule is C=CC(=O)N1CC2(CCN(c3nc(OC4CCN(C)CC4)nc4cc(-c5c(C)ccc6[nH]ncc56)ccc34)CC2)C1. The second-order valence-corrected chi connectivity index (χ2v) is 12.2. The number of carbonyl (C=O) groups is 1. The molecular weight excluding hydrogens is 514 g/mol. The molecule has 1 amide bonds. The van der Waals surface area contributed by atoms with Crippen LogP contribution < -0.4 is 9.64 Å². The second kappa shape index (κ2) is 10.1. The van der Waals surface area contributed by atoms with E-state index in [0.29, 0.717) is 6.01 Å². The third kappa shape index (κ3) is 4.72. The van der Waals surface area contributed by atoms with Gasteiger partial charge in [0.1, 0.15) is 11.9 Å². The minimum absolute atomic E-state index is 0.0349. The average Bonchev–Trinajstić information content (AvgIpc) is 3.45. The number of nitrogens with one attached hydrogen (secondary N) is 1. The number of piperidine rings is 2. The van der Waals surface area contributed by atoms with Crippen molar-refractivity contribution in [1.82, 2.24) is 30.0 Å². The number of aryl methyl sites for hydroxylation is 1. The highest BCUT2D eigenvalue weighted by Gasteiger charge is 2.46. The maximum atomic E-state index is 12.0. The van der Waals surface area contributed by atoms with Crippen molar-refractivity contribution in [2.75, 3.05) is 51.2 Å². The monoisotopic (exact) mass is 551 g/mol. The van der Waals surface area contributed by atoms with E-state index in [1.807, 2.05) is 11.1 Å². The highest BCUT2D eigenvalue weighted by molar-refractivity contribution is 6.00. The van der Waals surface area contributed by atoms with Gasteiger partial charge in [-0.25, -0.2) is 0 Å². The van der Waals surface area contributed by atoms with E-state index < -0.39 is 0 Å². The maximum absolute atomic E-state index is 12.0. The number of fused-ring (bicyclic) bond motifs is 2. The fourth-order valence-corrected chi connectivity index (χ4v) is 6.86. The van der Waals surface area contributed by atoms with Crippen LogP contribution in [0.5, 0.6) is 6.01 Å². The summed E-state index contributed by atoms with van der Waals surface area (Å²) in [5.74, 6) is 0.976. The molecule has 9 heteroatoms. The van der Waals surface area contributed by atoms with Gasteiger partial charge in [0.25, 0.3) is 0 Å². The number of hydrogen-bond donors (Lipinski definition) is 1. The van der Waals surface area contributed by atoms with E-state index in [1.165, 1.54) is 17.2 Å². The summed E-state index contributed by atoms with van der Waals surface area (Å²) in [7, 11) is 2.16. The number of benzene rings is 2. The van der Waals surface area contributed by atoms with Crippen LogP contribution in [0.2, 0.25) is 0 Å². The molecule has 2 aromatic carbocycles. The number of aromatic nitrogens is 4. The van der Waals surface area contributed by atoms with E-state index in [4.69, 9.17) is 14.7 Å². The predicted molar refractivity (Wildman–Crippen MR) is 161 cm³/mol. The Morgan fingerprint density at radius 3 is 2.61 bits per heavy atom. The van der Waals surface area contributed by atoms with Crippen LogP contribution in [-0.4, -0.2) is 88.3 Å². The zero-order valence-corrected chi connectivity index (χ0v) is 23.9. The molecule has 5 heterocycles. The van der Waals surface area contributed by atoms with Gasteiger partial charge >= 0.3 is 6.01 Å². The molecule has 0 atom stereocenters. The lowest BCUT2D eigenvalue weighted by Crippen LogP contribution is -2.61. The van der Waals surface area contributed by atoms with Crippen molar-refractivity contribution in [3.8, 4) is 17.1 Å². The highest BCUT2D eigenvalue weighted by atomic mass is 16.5. The largest absolute Gasteiger partial charge is 0.460 e. The number of carbonyl (C=O) groups excluding carboxylic acids is 1. The summed E-state index contributed by atoms with van der Waals surface area (Å²) in [6, 6.07) is 11.2. The maximum Gasteiger partial charge on any atom is 0.319 e. The molecule has 0 aliphatic carbocycles. The lowest BCUT2D eigenvalue weighted by molar-refractivity contribution is -0.139. The Morgan fingerprint density at radius 1 is 1.07 bits per heavy atom. The molecule has 9 nitrogen and oxygen atoms in total. The van der Waals surface area contributed by atoms with E-state index in [1.54, 1.807) is 0 Å². The van der Waals surface area contributed by atoms with Crippen LogP contribution >= 0.6 is 0 Å².